The number of halogens is 1. The van der Waals surface area contributed by atoms with Crippen molar-refractivity contribution in [2.24, 2.45) is 0 Å². The van der Waals surface area contributed by atoms with Crippen LogP contribution < -0.4 is 5.32 Å². The number of nitrogens with one attached hydrogen (secondary N) is 1. The van der Waals surface area contributed by atoms with Crippen LogP contribution in [0.4, 0.5) is 4.39 Å². The van der Waals surface area contributed by atoms with Gasteiger partial charge in [-0.1, -0.05) is 12.1 Å². The number of hydrogen-bond acceptors (Lipinski definition) is 4. The van der Waals surface area contributed by atoms with Gasteiger partial charge in [-0.05, 0) is 43.2 Å². The maximum Gasteiger partial charge on any atom is 0.123 e. The van der Waals surface area contributed by atoms with Crippen LogP contribution in [0.25, 0.3) is 0 Å². The molecule has 3 rings (SSSR count). The molecule has 0 amide bonds. The van der Waals surface area contributed by atoms with Gasteiger partial charge in [-0.3, -0.25) is 4.90 Å². The number of benzene rings is 1. The number of ether oxygens (including phenoxy) is 1. The molecule has 1 N–H and O–H groups in total. The van der Waals surface area contributed by atoms with Crippen molar-refractivity contribution in [1.29, 1.82) is 0 Å². The summed E-state index contributed by atoms with van der Waals surface area (Å²) in [6.07, 6.45) is 2.19. The van der Waals surface area contributed by atoms with Gasteiger partial charge in [0.1, 0.15) is 5.82 Å². The van der Waals surface area contributed by atoms with Crippen molar-refractivity contribution in [1.82, 2.24) is 10.2 Å². The van der Waals surface area contributed by atoms with Gasteiger partial charge < -0.3 is 10.1 Å². The fourth-order valence-electron chi connectivity index (χ4n) is 3.55. The van der Waals surface area contributed by atoms with Crippen LogP contribution in [0, 0.1) is 5.82 Å². The molecule has 2 aliphatic heterocycles. The van der Waals surface area contributed by atoms with Crippen molar-refractivity contribution in [3.05, 3.63) is 35.6 Å². The normalized spacial score (nSPS) is 27.2. The number of morpholine rings is 1. The predicted octanol–water partition coefficient (Wildman–Crippen LogP) is 2.55. The summed E-state index contributed by atoms with van der Waals surface area (Å²) in [5.41, 5.74) is 1.47. The lowest BCUT2D eigenvalue weighted by Crippen LogP contribution is -2.59. The summed E-state index contributed by atoms with van der Waals surface area (Å²) >= 11 is 2.07. The number of thioether (sulfide) groups is 1. The van der Waals surface area contributed by atoms with E-state index >= 15 is 0 Å². The minimum atomic E-state index is -0.163. The highest BCUT2D eigenvalue weighted by Crippen LogP contribution is 2.33. The van der Waals surface area contributed by atoms with Crippen LogP contribution in [-0.4, -0.2) is 60.8 Å². The quantitative estimate of drug-likeness (QED) is 0.862. The van der Waals surface area contributed by atoms with Crippen LogP contribution in [0.3, 0.4) is 0 Å². The van der Waals surface area contributed by atoms with E-state index in [1.165, 1.54) is 23.5 Å². The lowest BCUT2D eigenvalue weighted by Gasteiger charge is -2.43. The van der Waals surface area contributed by atoms with Crippen LogP contribution in [0.2, 0.25) is 0 Å². The summed E-state index contributed by atoms with van der Waals surface area (Å²) in [6, 6.07) is 7.26. The minimum absolute atomic E-state index is 0.163. The van der Waals surface area contributed by atoms with Gasteiger partial charge in [0.25, 0.3) is 0 Å². The van der Waals surface area contributed by atoms with Crippen molar-refractivity contribution in [2.45, 2.75) is 31.3 Å². The second kappa shape index (κ2) is 7.97. The van der Waals surface area contributed by atoms with Gasteiger partial charge in [0.15, 0.2) is 0 Å². The van der Waals surface area contributed by atoms with Gasteiger partial charge in [-0.15, -0.1) is 0 Å². The monoisotopic (exact) mass is 338 g/mol. The van der Waals surface area contributed by atoms with Crippen LogP contribution in [0.5, 0.6) is 0 Å². The molecule has 2 saturated heterocycles. The van der Waals surface area contributed by atoms with Gasteiger partial charge >= 0.3 is 0 Å². The van der Waals surface area contributed by atoms with E-state index in [1.807, 2.05) is 12.1 Å². The van der Waals surface area contributed by atoms with E-state index in [1.54, 1.807) is 12.1 Å². The molecule has 2 aliphatic rings. The Kier molecular flexibility index (Phi) is 5.96. The fraction of sp³-hybridized carbons (Fsp3) is 0.667. The second-order valence-electron chi connectivity index (χ2n) is 6.74. The predicted molar refractivity (Wildman–Crippen MR) is 94.6 cm³/mol. The van der Waals surface area contributed by atoms with Gasteiger partial charge in [0.05, 0.1) is 13.2 Å². The van der Waals surface area contributed by atoms with Crippen molar-refractivity contribution in [3.63, 3.8) is 0 Å². The van der Waals surface area contributed by atoms with Crippen LogP contribution in [0.15, 0.2) is 24.3 Å². The third-order valence-corrected chi connectivity index (χ3v) is 6.23. The molecule has 0 spiro atoms. The molecule has 0 saturated carbocycles. The summed E-state index contributed by atoms with van der Waals surface area (Å²) in [7, 11) is 0. The molecule has 1 aromatic rings. The Morgan fingerprint density at radius 3 is 2.70 bits per heavy atom. The number of hydrogen-bond donors (Lipinski definition) is 1. The van der Waals surface area contributed by atoms with Gasteiger partial charge in [-0.2, -0.15) is 11.8 Å². The van der Waals surface area contributed by atoms with Crippen molar-refractivity contribution in [3.8, 4) is 0 Å². The van der Waals surface area contributed by atoms with Crippen LogP contribution >= 0.6 is 11.8 Å². The highest BCUT2D eigenvalue weighted by molar-refractivity contribution is 7.99. The highest BCUT2D eigenvalue weighted by Gasteiger charge is 2.40. The zero-order chi connectivity index (χ0) is 16.1. The van der Waals surface area contributed by atoms with Gasteiger partial charge in [0, 0.05) is 37.0 Å². The van der Waals surface area contributed by atoms with Gasteiger partial charge in [-0.25, -0.2) is 4.39 Å². The highest BCUT2D eigenvalue weighted by atomic mass is 32.2. The van der Waals surface area contributed by atoms with E-state index in [4.69, 9.17) is 4.74 Å². The third kappa shape index (κ3) is 4.47. The minimum Gasteiger partial charge on any atom is -0.379 e. The van der Waals surface area contributed by atoms with E-state index in [-0.39, 0.29) is 11.4 Å². The first-order valence-electron chi connectivity index (χ1n) is 8.56. The maximum absolute atomic E-state index is 13.0. The zero-order valence-corrected chi connectivity index (χ0v) is 14.7. The maximum atomic E-state index is 13.0. The standard InChI is InChI=1S/C18H27FN2OS/c1-15(12-16-2-4-17(19)5-3-16)20-13-18(6-11-23-14-18)21-7-9-22-10-8-21/h2-5,15,20H,6-14H2,1H3/t15-,18-/m1/s1. The van der Waals surface area contributed by atoms with Gasteiger partial charge in [0.2, 0.25) is 0 Å². The fourth-order valence-corrected chi connectivity index (χ4v) is 5.02. The lowest BCUT2D eigenvalue weighted by atomic mass is 9.94. The molecule has 2 fully saturated rings. The Hall–Kier alpha value is -0.620. The number of rotatable bonds is 6. The molecule has 1 aromatic carbocycles. The van der Waals surface area contributed by atoms with E-state index in [9.17, 15) is 4.39 Å². The lowest BCUT2D eigenvalue weighted by molar-refractivity contribution is -0.0139. The molecule has 0 aliphatic carbocycles. The molecule has 0 radical (unpaired) electrons. The molecule has 0 bridgehead atoms. The molecular formula is C18H27FN2OS. The molecule has 23 heavy (non-hydrogen) atoms. The number of nitrogens with zero attached hydrogens (tertiary/aromatic N) is 1. The van der Waals surface area contributed by atoms with E-state index in [0.717, 1.165) is 39.3 Å². The Labute approximate surface area is 143 Å². The molecular weight excluding hydrogens is 311 g/mol. The summed E-state index contributed by atoms with van der Waals surface area (Å²) in [4.78, 5) is 2.63. The molecule has 128 valence electrons. The Morgan fingerprint density at radius 1 is 1.30 bits per heavy atom. The van der Waals surface area contributed by atoms with E-state index < -0.39 is 0 Å². The summed E-state index contributed by atoms with van der Waals surface area (Å²) in [6.45, 7) is 7.07. The molecule has 0 unspecified atom stereocenters. The molecule has 5 heteroatoms. The first-order chi connectivity index (χ1) is 11.2. The zero-order valence-electron chi connectivity index (χ0n) is 13.9. The molecule has 0 aromatic heterocycles. The SMILES string of the molecule is C[C@H](Cc1ccc(F)cc1)NC[C@]1(N2CCOCC2)CCSC1. The van der Waals surface area contributed by atoms with Crippen LogP contribution in [-0.2, 0) is 11.2 Å². The van der Waals surface area contributed by atoms with Crippen molar-refractivity contribution >= 4 is 11.8 Å². The van der Waals surface area contributed by atoms with Crippen molar-refractivity contribution in [2.75, 3.05) is 44.4 Å². The van der Waals surface area contributed by atoms with Crippen molar-refractivity contribution < 1.29 is 9.13 Å². The van der Waals surface area contributed by atoms with E-state index in [2.05, 4.69) is 28.9 Å². The largest absolute Gasteiger partial charge is 0.379 e. The molecule has 3 nitrogen and oxygen atoms in total. The summed E-state index contributed by atoms with van der Waals surface area (Å²) in [5, 5.41) is 3.74. The third-order valence-electron chi connectivity index (χ3n) is 5.00. The van der Waals surface area contributed by atoms with E-state index in [0.29, 0.717) is 6.04 Å². The smallest absolute Gasteiger partial charge is 0.123 e. The molecule has 2 atom stereocenters. The topological polar surface area (TPSA) is 24.5 Å². The average Bonchev–Trinajstić information content (AvgIpc) is 3.06. The Bertz CT molecular complexity index is 484. The Balaban J connectivity index is 1.54. The first kappa shape index (κ1) is 17.2. The average molecular weight is 338 g/mol. The second-order valence-corrected chi connectivity index (χ2v) is 7.84. The summed E-state index contributed by atoms with van der Waals surface area (Å²) < 4.78 is 18.5. The Morgan fingerprint density at radius 2 is 2.04 bits per heavy atom. The molecule has 2 heterocycles. The summed E-state index contributed by atoms with van der Waals surface area (Å²) in [5.74, 6) is 2.30. The first-order valence-corrected chi connectivity index (χ1v) is 9.72. The van der Waals surface area contributed by atoms with Crippen LogP contribution in [0.1, 0.15) is 18.9 Å².